The van der Waals surface area contributed by atoms with Crippen LogP contribution in [-0.2, 0) is 4.79 Å². The van der Waals surface area contributed by atoms with Crippen molar-refractivity contribution in [2.45, 2.75) is 52.2 Å². The summed E-state index contributed by atoms with van der Waals surface area (Å²) in [6.45, 7) is 7.96. The molecule has 1 rings (SSSR count). The summed E-state index contributed by atoms with van der Waals surface area (Å²) in [4.78, 5) is 11.9. The Bertz CT molecular complexity index is 403. The van der Waals surface area contributed by atoms with Gasteiger partial charge in [-0.1, -0.05) is 35.0 Å². The van der Waals surface area contributed by atoms with E-state index >= 15 is 0 Å². The van der Waals surface area contributed by atoms with Crippen LogP contribution >= 0.6 is 15.9 Å². The Morgan fingerprint density at radius 1 is 1.21 bits per heavy atom. The highest BCUT2D eigenvalue weighted by Gasteiger charge is 2.18. The summed E-state index contributed by atoms with van der Waals surface area (Å²) in [5, 5.41) is 6.30. The quantitative estimate of drug-likeness (QED) is 0.841. The molecule has 2 N–H and O–H groups in total. The monoisotopic (exact) mass is 326 g/mol. The van der Waals surface area contributed by atoms with Crippen molar-refractivity contribution in [2.24, 2.45) is 0 Å². The van der Waals surface area contributed by atoms with E-state index in [1.54, 1.807) is 0 Å². The number of benzene rings is 1. The van der Waals surface area contributed by atoms with Crippen LogP contribution in [0.5, 0.6) is 0 Å². The molecule has 0 aromatic heterocycles. The molecule has 19 heavy (non-hydrogen) atoms. The summed E-state index contributed by atoms with van der Waals surface area (Å²) in [6, 6.07) is 8.38. The molecule has 0 radical (unpaired) electrons. The number of carbonyl (C=O) groups excluding carboxylic acids is 1. The zero-order valence-electron chi connectivity index (χ0n) is 12.0. The Morgan fingerprint density at radius 2 is 1.79 bits per heavy atom. The summed E-state index contributed by atoms with van der Waals surface area (Å²) in [7, 11) is 0. The van der Waals surface area contributed by atoms with Gasteiger partial charge in [0.05, 0.1) is 6.04 Å². The van der Waals surface area contributed by atoms with Gasteiger partial charge in [-0.05, 0) is 44.9 Å². The second-order valence-electron chi connectivity index (χ2n) is 5.06. The molecule has 0 spiro atoms. The van der Waals surface area contributed by atoms with Crippen molar-refractivity contribution in [2.75, 3.05) is 0 Å². The third kappa shape index (κ3) is 5.33. The molecule has 1 aromatic rings. The van der Waals surface area contributed by atoms with Gasteiger partial charge < -0.3 is 5.32 Å². The van der Waals surface area contributed by atoms with Crippen molar-refractivity contribution in [1.29, 1.82) is 0 Å². The first-order valence-corrected chi connectivity index (χ1v) is 7.55. The van der Waals surface area contributed by atoms with E-state index in [2.05, 4.69) is 45.6 Å². The molecule has 3 nitrogen and oxygen atoms in total. The van der Waals surface area contributed by atoms with Gasteiger partial charge in [-0.2, -0.15) is 0 Å². The third-order valence-electron chi connectivity index (χ3n) is 2.96. The number of halogens is 1. The van der Waals surface area contributed by atoms with Crippen molar-refractivity contribution in [3.8, 4) is 0 Å². The fourth-order valence-corrected chi connectivity index (χ4v) is 2.20. The van der Waals surface area contributed by atoms with Crippen LogP contribution in [0.4, 0.5) is 0 Å². The SMILES string of the molecule is CCC(NC(C)C(=O)NC(C)C)c1ccc(Br)cc1. The highest BCUT2D eigenvalue weighted by Crippen LogP contribution is 2.19. The molecule has 0 saturated heterocycles. The van der Waals surface area contributed by atoms with Crippen molar-refractivity contribution < 1.29 is 4.79 Å². The number of hydrogen-bond acceptors (Lipinski definition) is 2. The summed E-state index contributed by atoms with van der Waals surface area (Å²) in [5.41, 5.74) is 1.20. The second-order valence-corrected chi connectivity index (χ2v) is 5.98. The van der Waals surface area contributed by atoms with Gasteiger partial charge in [0, 0.05) is 16.6 Å². The van der Waals surface area contributed by atoms with Gasteiger partial charge in [-0.15, -0.1) is 0 Å². The summed E-state index contributed by atoms with van der Waals surface area (Å²) < 4.78 is 1.07. The standard InChI is InChI=1S/C15H23BrN2O/c1-5-14(12-6-8-13(16)9-7-12)18-11(4)15(19)17-10(2)3/h6-11,14,18H,5H2,1-4H3,(H,17,19). The highest BCUT2D eigenvalue weighted by molar-refractivity contribution is 9.10. The topological polar surface area (TPSA) is 41.1 Å². The Hall–Kier alpha value is -0.870. The molecule has 0 saturated carbocycles. The first-order valence-electron chi connectivity index (χ1n) is 6.76. The van der Waals surface area contributed by atoms with Crippen molar-refractivity contribution in [3.05, 3.63) is 34.3 Å². The van der Waals surface area contributed by atoms with Crippen LogP contribution in [0.25, 0.3) is 0 Å². The van der Waals surface area contributed by atoms with Crippen molar-refractivity contribution in [3.63, 3.8) is 0 Å². The minimum absolute atomic E-state index is 0.0468. The van der Waals surface area contributed by atoms with Crippen LogP contribution in [0, 0.1) is 0 Å². The first kappa shape index (κ1) is 16.2. The molecule has 2 atom stereocenters. The summed E-state index contributed by atoms with van der Waals surface area (Å²) in [6.07, 6.45) is 0.945. The highest BCUT2D eigenvalue weighted by atomic mass is 79.9. The average Bonchev–Trinajstić information content (AvgIpc) is 2.36. The second kappa shape index (κ2) is 7.65. The lowest BCUT2D eigenvalue weighted by Crippen LogP contribution is -2.45. The number of hydrogen-bond donors (Lipinski definition) is 2. The van der Waals surface area contributed by atoms with E-state index in [4.69, 9.17) is 0 Å². The van der Waals surface area contributed by atoms with E-state index in [1.165, 1.54) is 5.56 Å². The first-order chi connectivity index (χ1) is 8.93. The maximum absolute atomic E-state index is 11.9. The third-order valence-corrected chi connectivity index (χ3v) is 3.48. The molecular formula is C15H23BrN2O. The van der Waals surface area contributed by atoms with E-state index in [-0.39, 0.29) is 24.0 Å². The lowest BCUT2D eigenvalue weighted by Gasteiger charge is -2.23. The Labute approximate surface area is 124 Å². The van der Waals surface area contributed by atoms with Crippen LogP contribution in [0.1, 0.15) is 45.7 Å². The average molecular weight is 327 g/mol. The van der Waals surface area contributed by atoms with Gasteiger partial charge >= 0.3 is 0 Å². The fraction of sp³-hybridized carbons (Fsp3) is 0.533. The lowest BCUT2D eigenvalue weighted by atomic mass is 10.0. The number of rotatable bonds is 6. The van der Waals surface area contributed by atoms with Crippen LogP contribution in [0.15, 0.2) is 28.7 Å². The molecule has 1 aromatic carbocycles. The molecule has 4 heteroatoms. The molecule has 0 aliphatic carbocycles. The molecule has 0 aliphatic rings. The van der Waals surface area contributed by atoms with E-state index in [9.17, 15) is 4.79 Å². The van der Waals surface area contributed by atoms with Gasteiger partial charge in [0.25, 0.3) is 0 Å². The minimum Gasteiger partial charge on any atom is -0.353 e. The van der Waals surface area contributed by atoms with E-state index < -0.39 is 0 Å². The molecule has 2 unspecified atom stereocenters. The zero-order valence-corrected chi connectivity index (χ0v) is 13.6. The van der Waals surface area contributed by atoms with Crippen LogP contribution in [0.3, 0.4) is 0 Å². The number of nitrogens with one attached hydrogen (secondary N) is 2. The van der Waals surface area contributed by atoms with Crippen LogP contribution in [0.2, 0.25) is 0 Å². The predicted molar refractivity (Wildman–Crippen MR) is 83.1 cm³/mol. The van der Waals surface area contributed by atoms with Crippen molar-refractivity contribution >= 4 is 21.8 Å². The van der Waals surface area contributed by atoms with Crippen LogP contribution < -0.4 is 10.6 Å². The summed E-state index contributed by atoms with van der Waals surface area (Å²) in [5.74, 6) is 0.0468. The number of carbonyl (C=O) groups is 1. The molecule has 0 bridgehead atoms. The molecule has 106 valence electrons. The molecule has 0 aliphatic heterocycles. The van der Waals surface area contributed by atoms with Gasteiger partial charge in [-0.25, -0.2) is 0 Å². The predicted octanol–water partition coefficient (Wildman–Crippen LogP) is 3.40. The van der Waals surface area contributed by atoms with Gasteiger partial charge in [0.1, 0.15) is 0 Å². The minimum atomic E-state index is -0.198. The maximum Gasteiger partial charge on any atom is 0.237 e. The van der Waals surface area contributed by atoms with E-state index in [0.29, 0.717) is 0 Å². The lowest BCUT2D eigenvalue weighted by molar-refractivity contribution is -0.123. The van der Waals surface area contributed by atoms with E-state index in [0.717, 1.165) is 10.9 Å². The smallest absolute Gasteiger partial charge is 0.237 e. The van der Waals surface area contributed by atoms with Crippen molar-refractivity contribution in [1.82, 2.24) is 10.6 Å². The Kier molecular flexibility index (Phi) is 6.52. The molecular weight excluding hydrogens is 304 g/mol. The molecule has 0 fully saturated rings. The van der Waals surface area contributed by atoms with Gasteiger partial charge in [-0.3, -0.25) is 10.1 Å². The Morgan fingerprint density at radius 3 is 2.26 bits per heavy atom. The molecule has 0 heterocycles. The fourth-order valence-electron chi connectivity index (χ4n) is 1.93. The van der Waals surface area contributed by atoms with Crippen LogP contribution in [-0.4, -0.2) is 18.0 Å². The maximum atomic E-state index is 11.9. The van der Waals surface area contributed by atoms with Gasteiger partial charge in [0.15, 0.2) is 0 Å². The number of amides is 1. The normalized spacial score (nSPS) is 14.2. The molecule has 1 amide bonds. The van der Waals surface area contributed by atoms with Gasteiger partial charge in [0.2, 0.25) is 5.91 Å². The zero-order chi connectivity index (χ0) is 14.4. The summed E-state index contributed by atoms with van der Waals surface area (Å²) >= 11 is 3.43. The Balaban J connectivity index is 2.66. The van der Waals surface area contributed by atoms with E-state index in [1.807, 2.05) is 32.9 Å². The largest absolute Gasteiger partial charge is 0.353 e.